The molecule has 1 aromatic rings. The van der Waals surface area contributed by atoms with Gasteiger partial charge in [0.2, 0.25) is 0 Å². The van der Waals surface area contributed by atoms with E-state index in [9.17, 15) is 13.2 Å². The largest absolute Gasteiger partial charge is 0.396 e. The van der Waals surface area contributed by atoms with E-state index in [4.69, 9.17) is 5.11 Å². The van der Waals surface area contributed by atoms with E-state index in [-0.39, 0.29) is 18.7 Å². The molecule has 0 saturated carbocycles. The predicted molar refractivity (Wildman–Crippen MR) is 58.9 cm³/mol. The van der Waals surface area contributed by atoms with E-state index >= 15 is 0 Å². The van der Waals surface area contributed by atoms with Crippen LogP contribution in [0.25, 0.3) is 0 Å². The van der Waals surface area contributed by atoms with Crippen molar-refractivity contribution in [1.29, 1.82) is 0 Å². The van der Waals surface area contributed by atoms with Crippen molar-refractivity contribution in [2.75, 3.05) is 6.61 Å². The van der Waals surface area contributed by atoms with Gasteiger partial charge in [-0.1, -0.05) is 0 Å². The number of hydrogen-bond acceptors (Lipinski definition) is 2. The molecule has 0 spiro atoms. The summed E-state index contributed by atoms with van der Waals surface area (Å²) < 4.78 is 38.6. The van der Waals surface area contributed by atoms with Gasteiger partial charge in [0.05, 0.1) is 0 Å². The molecule has 0 unspecified atom stereocenters. The van der Waals surface area contributed by atoms with Crippen LogP contribution in [-0.2, 0) is 6.54 Å². The molecule has 0 aromatic heterocycles. The van der Waals surface area contributed by atoms with Gasteiger partial charge in [-0.2, -0.15) is 0 Å². The highest BCUT2D eigenvalue weighted by molar-refractivity contribution is 5.19. The lowest BCUT2D eigenvalue weighted by Crippen LogP contribution is -2.39. The molecule has 0 saturated heterocycles. The van der Waals surface area contributed by atoms with Crippen molar-refractivity contribution in [3.8, 4) is 0 Å². The molecule has 2 nitrogen and oxygen atoms in total. The normalized spacial score (nSPS) is 11.9. The lowest BCUT2D eigenvalue weighted by atomic mass is 10.0. The fourth-order valence-electron chi connectivity index (χ4n) is 1.42. The van der Waals surface area contributed by atoms with Crippen molar-refractivity contribution < 1.29 is 18.3 Å². The standard InChI is InChI=1S/C12H16F3NO/c1-12(2,3-4-17)16-7-8-5-9(13)11(15)10(14)6-8/h5-6,16-17H,3-4,7H2,1-2H3. The zero-order valence-electron chi connectivity index (χ0n) is 9.86. The van der Waals surface area contributed by atoms with Gasteiger partial charge in [0.1, 0.15) is 0 Å². The van der Waals surface area contributed by atoms with Gasteiger partial charge < -0.3 is 10.4 Å². The summed E-state index contributed by atoms with van der Waals surface area (Å²) in [5.41, 5.74) is -0.0248. The third-order valence-corrected chi connectivity index (χ3v) is 2.55. The van der Waals surface area contributed by atoms with E-state index in [1.165, 1.54) is 0 Å². The van der Waals surface area contributed by atoms with Crippen LogP contribution in [0.3, 0.4) is 0 Å². The lowest BCUT2D eigenvalue weighted by Gasteiger charge is -2.25. The zero-order chi connectivity index (χ0) is 13.1. The molecule has 0 aliphatic heterocycles. The monoisotopic (exact) mass is 247 g/mol. The maximum absolute atomic E-state index is 12.9. The molecule has 96 valence electrons. The van der Waals surface area contributed by atoms with Gasteiger partial charge >= 0.3 is 0 Å². The number of hydrogen-bond donors (Lipinski definition) is 2. The Morgan fingerprint density at radius 1 is 1.18 bits per heavy atom. The Kier molecular flexibility index (Phi) is 4.54. The molecule has 0 bridgehead atoms. The van der Waals surface area contributed by atoms with Gasteiger partial charge in [-0.05, 0) is 38.0 Å². The second-order valence-corrected chi connectivity index (χ2v) is 4.58. The van der Waals surface area contributed by atoms with Crippen LogP contribution >= 0.6 is 0 Å². The summed E-state index contributed by atoms with van der Waals surface area (Å²) in [6.07, 6.45) is 0.513. The van der Waals surface area contributed by atoms with E-state index in [1.54, 1.807) is 0 Å². The summed E-state index contributed by atoms with van der Waals surface area (Å²) in [5, 5.41) is 11.8. The van der Waals surface area contributed by atoms with Gasteiger partial charge in [0, 0.05) is 18.7 Å². The molecular weight excluding hydrogens is 231 g/mol. The van der Waals surface area contributed by atoms with Crippen LogP contribution in [0, 0.1) is 17.5 Å². The van der Waals surface area contributed by atoms with E-state index in [0.29, 0.717) is 12.0 Å². The molecule has 5 heteroatoms. The van der Waals surface area contributed by atoms with Crippen LogP contribution in [0.4, 0.5) is 13.2 Å². The highest BCUT2D eigenvalue weighted by Gasteiger charge is 2.17. The van der Waals surface area contributed by atoms with Crippen LogP contribution in [0.1, 0.15) is 25.8 Å². The number of nitrogens with one attached hydrogen (secondary N) is 1. The van der Waals surface area contributed by atoms with Crippen LogP contribution < -0.4 is 5.32 Å². The highest BCUT2D eigenvalue weighted by atomic mass is 19.2. The van der Waals surface area contributed by atoms with E-state index in [2.05, 4.69) is 5.32 Å². The maximum Gasteiger partial charge on any atom is 0.194 e. The van der Waals surface area contributed by atoms with Crippen molar-refractivity contribution in [3.63, 3.8) is 0 Å². The van der Waals surface area contributed by atoms with Gasteiger partial charge in [-0.3, -0.25) is 0 Å². The van der Waals surface area contributed by atoms with Gasteiger partial charge in [0.25, 0.3) is 0 Å². The van der Waals surface area contributed by atoms with Gasteiger partial charge in [0.15, 0.2) is 17.5 Å². The first-order valence-corrected chi connectivity index (χ1v) is 5.35. The van der Waals surface area contributed by atoms with Crippen LogP contribution in [0.2, 0.25) is 0 Å². The third-order valence-electron chi connectivity index (χ3n) is 2.55. The average Bonchev–Trinajstić information content (AvgIpc) is 2.23. The summed E-state index contributed by atoms with van der Waals surface area (Å²) in [5.74, 6) is -3.84. The van der Waals surface area contributed by atoms with Crippen LogP contribution in [-0.4, -0.2) is 17.3 Å². The molecule has 1 rings (SSSR count). The molecule has 17 heavy (non-hydrogen) atoms. The fraction of sp³-hybridized carbons (Fsp3) is 0.500. The Bertz CT molecular complexity index is 370. The third kappa shape index (κ3) is 4.02. The Balaban J connectivity index is 2.70. The highest BCUT2D eigenvalue weighted by Crippen LogP contribution is 2.15. The zero-order valence-corrected chi connectivity index (χ0v) is 9.86. The molecule has 0 aliphatic rings. The Morgan fingerprint density at radius 3 is 2.18 bits per heavy atom. The van der Waals surface area contributed by atoms with E-state index in [0.717, 1.165) is 12.1 Å². The minimum atomic E-state index is -1.46. The molecular formula is C12H16F3NO. The molecule has 1 aromatic carbocycles. The molecule has 0 amide bonds. The van der Waals surface area contributed by atoms with E-state index in [1.807, 2.05) is 13.8 Å². The van der Waals surface area contributed by atoms with Crippen molar-refractivity contribution in [3.05, 3.63) is 35.1 Å². The number of rotatable bonds is 5. The summed E-state index contributed by atoms with van der Waals surface area (Å²) in [6, 6.07) is 1.92. The summed E-state index contributed by atoms with van der Waals surface area (Å²) in [4.78, 5) is 0. The smallest absolute Gasteiger partial charge is 0.194 e. The molecule has 0 atom stereocenters. The number of aliphatic hydroxyl groups excluding tert-OH is 1. The van der Waals surface area contributed by atoms with Crippen molar-refractivity contribution in [1.82, 2.24) is 5.32 Å². The molecule has 0 aliphatic carbocycles. The molecule has 2 N–H and O–H groups in total. The minimum absolute atomic E-state index is 0.0200. The SMILES string of the molecule is CC(C)(CCO)NCc1cc(F)c(F)c(F)c1. The Hall–Kier alpha value is -1.07. The lowest BCUT2D eigenvalue weighted by molar-refractivity contribution is 0.230. The van der Waals surface area contributed by atoms with Crippen molar-refractivity contribution in [2.24, 2.45) is 0 Å². The second-order valence-electron chi connectivity index (χ2n) is 4.58. The van der Waals surface area contributed by atoms with Crippen molar-refractivity contribution >= 4 is 0 Å². The quantitative estimate of drug-likeness (QED) is 0.783. The minimum Gasteiger partial charge on any atom is -0.396 e. The number of aliphatic hydroxyl groups is 1. The Morgan fingerprint density at radius 2 is 1.71 bits per heavy atom. The molecule has 0 fully saturated rings. The number of halogens is 3. The first-order valence-electron chi connectivity index (χ1n) is 5.35. The first kappa shape index (κ1) is 14.0. The average molecular weight is 247 g/mol. The Labute approximate surface area is 98.5 Å². The summed E-state index contributed by atoms with van der Waals surface area (Å²) in [7, 11) is 0. The number of benzene rings is 1. The fourth-order valence-corrected chi connectivity index (χ4v) is 1.42. The predicted octanol–water partition coefficient (Wildman–Crippen LogP) is 2.35. The van der Waals surface area contributed by atoms with Crippen LogP contribution in [0.15, 0.2) is 12.1 Å². The van der Waals surface area contributed by atoms with Gasteiger partial charge in [-0.25, -0.2) is 13.2 Å². The second kappa shape index (κ2) is 5.51. The summed E-state index contributed by atoms with van der Waals surface area (Å²) in [6.45, 7) is 3.95. The maximum atomic E-state index is 12.9. The molecule has 0 heterocycles. The topological polar surface area (TPSA) is 32.3 Å². The molecule has 0 radical (unpaired) electrons. The van der Waals surface area contributed by atoms with Crippen LogP contribution in [0.5, 0.6) is 0 Å². The first-order chi connectivity index (χ1) is 7.85. The van der Waals surface area contributed by atoms with Gasteiger partial charge in [-0.15, -0.1) is 0 Å². The van der Waals surface area contributed by atoms with E-state index < -0.39 is 17.5 Å². The summed E-state index contributed by atoms with van der Waals surface area (Å²) >= 11 is 0. The van der Waals surface area contributed by atoms with Crippen molar-refractivity contribution in [2.45, 2.75) is 32.4 Å².